The van der Waals surface area contributed by atoms with Crippen LogP contribution in [-0.2, 0) is 28.6 Å². The van der Waals surface area contributed by atoms with Crippen molar-refractivity contribution in [2.45, 2.75) is 52.2 Å². The Kier molecular flexibility index (Phi) is 4.33. The molecule has 7 heteroatoms. The van der Waals surface area contributed by atoms with Crippen molar-refractivity contribution in [2.75, 3.05) is 13.2 Å². The number of ether oxygens (including phenoxy) is 3. The number of ketones is 1. The van der Waals surface area contributed by atoms with Crippen LogP contribution in [0.4, 0.5) is 0 Å². The standard InChI is InChI=1S/C21H25ClO6/c1-11(23)21(28-12(2)24)6-5-14-13-7-16(22)15-8-17(25)26-9-19(15,3)18(13)27-10-20(14,21)4/h7-8,13-14,18H,5-6,9-10H2,1-4H3/t13?,14?,18?,19?,20?,21-/m0/s1. The molecule has 0 radical (unpaired) electrons. The topological polar surface area (TPSA) is 78.9 Å². The SMILES string of the molecule is CC(=O)O[C@]1(C(C)=O)CCC2C3C=C(Cl)C4=CC(=O)OCC4(C)C3OCC21C. The molecule has 4 rings (SSSR count). The number of allylic oxidation sites excluding steroid dienone is 1. The number of carbonyl (C=O) groups is 3. The van der Waals surface area contributed by atoms with Crippen molar-refractivity contribution in [1.82, 2.24) is 0 Å². The second-order valence-corrected chi connectivity index (χ2v) is 9.35. The van der Waals surface area contributed by atoms with Gasteiger partial charge in [0.15, 0.2) is 11.4 Å². The van der Waals surface area contributed by atoms with E-state index in [0.29, 0.717) is 11.5 Å². The molecule has 2 aliphatic heterocycles. The smallest absolute Gasteiger partial charge is 0.331 e. The van der Waals surface area contributed by atoms with Crippen molar-refractivity contribution in [3.63, 3.8) is 0 Å². The van der Waals surface area contributed by atoms with E-state index >= 15 is 0 Å². The van der Waals surface area contributed by atoms with E-state index in [1.54, 1.807) is 0 Å². The molecule has 0 spiro atoms. The van der Waals surface area contributed by atoms with Crippen molar-refractivity contribution in [3.8, 4) is 0 Å². The molecule has 2 aliphatic carbocycles. The first-order chi connectivity index (χ1) is 13.0. The van der Waals surface area contributed by atoms with Crippen molar-refractivity contribution in [2.24, 2.45) is 22.7 Å². The van der Waals surface area contributed by atoms with Crippen LogP contribution >= 0.6 is 11.6 Å². The molecule has 0 bridgehead atoms. The fourth-order valence-corrected chi connectivity index (χ4v) is 6.44. The first-order valence-corrected chi connectivity index (χ1v) is 10.0. The van der Waals surface area contributed by atoms with Crippen LogP contribution < -0.4 is 0 Å². The summed E-state index contributed by atoms with van der Waals surface area (Å²) in [4.78, 5) is 36.3. The quantitative estimate of drug-likeness (QED) is 0.653. The highest BCUT2D eigenvalue weighted by Crippen LogP contribution is 2.63. The molecule has 0 N–H and O–H groups in total. The summed E-state index contributed by atoms with van der Waals surface area (Å²) in [6.07, 6.45) is 4.36. The molecule has 152 valence electrons. The number of halogens is 1. The number of cyclic esters (lactones) is 1. The van der Waals surface area contributed by atoms with Crippen molar-refractivity contribution in [1.29, 1.82) is 0 Å². The van der Waals surface area contributed by atoms with Crippen LogP contribution in [-0.4, -0.2) is 42.6 Å². The Hall–Kier alpha value is -1.66. The van der Waals surface area contributed by atoms with Crippen LogP contribution in [0.15, 0.2) is 22.8 Å². The van der Waals surface area contributed by atoms with E-state index in [9.17, 15) is 14.4 Å². The van der Waals surface area contributed by atoms with E-state index < -0.39 is 28.4 Å². The Morgan fingerprint density at radius 1 is 1.25 bits per heavy atom. The Bertz CT molecular complexity index is 831. The predicted octanol–water partition coefficient (Wildman–Crippen LogP) is 2.93. The Balaban J connectivity index is 1.79. The second-order valence-electron chi connectivity index (χ2n) is 8.95. The summed E-state index contributed by atoms with van der Waals surface area (Å²) in [6.45, 7) is 7.28. The van der Waals surface area contributed by atoms with Gasteiger partial charge in [0.1, 0.15) is 6.61 Å². The molecule has 0 aromatic heterocycles. The highest BCUT2D eigenvalue weighted by molar-refractivity contribution is 6.32. The summed E-state index contributed by atoms with van der Waals surface area (Å²) in [7, 11) is 0. The van der Waals surface area contributed by atoms with Gasteiger partial charge in [-0.15, -0.1) is 0 Å². The van der Waals surface area contributed by atoms with Crippen LogP contribution in [0.3, 0.4) is 0 Å². The molecule has 0 aromatic carbocycles. The van der Waals surface area contributed by atoms with E-state index in [1.165, 1.54) is 19.9 Å². The van der Waals surface area contributed by atoms with E-state index in [2.05, 4.69) is 0 Å². The molecule has 2 fully saturated rings. The zero-order chi connectivity index (χ0) is 20.5. The van der Waals surface area contributed by atoms with Crippen LogP contribution in [0.5, 0.6) is 0 Å². The molecule has 1 saturated carbocycles. The summed E-state index contributed by atoms with van der Waals surface area (Å²) < 4.78 is 17.4. The fraction of sp³-hybridized carbons (Fsp3) is 0.667. The summed E-state index contributed by atoms with van der Waals surface area (Å²) >= 11 is 6.60. The van der Waals surface area contributed by atoms with Crippen LogP contribution in [0.1, 0.15) is 40.5 Å². The second kappa shape index (κ2) is 6.17. The lowest BCUT2D eigenvalue weighted by molar-refractivity contribution is -0.216. The highest BCUT2D eigenvalue weighted by atomic mass is 35.5. The summed E-state index contributed by atoms with van der Waals surface area (Å²) in [5, 5.41) is 0.529. The molecule has 5 unspecified atom stereocenters. The van der Waals surface area contributed by atoms with E-state index in [0.717, 1.165) is 12.0 Å². The molecule has 6 nitrogen and oxygen atoms in total. The van der Waals surface area contributed by atoms with Gasteiger partial charge in [0.05, 0.1) is 18.1 Å². The zero-order valence-corrected chi connectivity index (χ0v) is 17.3. The third-order valence-electron chi connectivity index (χ3n) is 7.43. The number of carbonyl (C=O) groups excluding carboxylic acids is 3. The minimum absolute atomic E-state index is 0.0549. The first kappa shape index (κ1) is 19.6. The van der Waals surface area contributed by atoms with Gasteiger partial charge in [-0.2, -0.15) is 0 Å². The largest absolute Gasteiger partial charge is 0.461 e. The summed E-state index contributed by atoms with van der Waals surface area (Å²) in [5.74, 6) is -1.03. The third-order valence-corrected chi connectivity index (χ3v) is 7.76. The lowest BCUT2D eigenvalue weighted by Crippen LogP contribution is -2.63. The maximum Gasteiger partial charge on any atom is 0.331 e. The molecular weight excluding hydrogens is 384 g/mol. The molecule has 6 atom stereocenters. The number of esters is 2. The number of hydrogen-bond acceptors (Lipinski definition) is 6. The van der Waals surface area contributed by atoms with Gasteiger partial charge in [-0.25, -0.2) is 4.79 Å². The minimum Gasteiger partial charge on any atom is -0.461 e. The first-order valence-electron chi connectivity index (χ1n) is 9.64. The van der Waals surface area contributed by atoms with Crippen molar-refractivity contribution < 1.29 is 28.6 Å². The normalized spacial score (nSPS) is 44.3. The number of rotatable bonds is 2. The van der Waals surface area contributed by atoms with E-state index in [-0.39, 0.29) is 36.9 Å². The molecule has 4 aliphatic rings. The molecule has 0 amide bonds. The van der Waals surface area contributed by atoms with Gasteiger partial charge >= 0.3 is 11.9 Å². The minimum atomic E-state index is -1.19. The van der Waals surface area contributed by atoms with Gasteiger partial charge in [-0.1, -0.05) is 24.6 Å². The number of fused-ring (bicyclic) bond motifs is 5. The Labute approximate surface area is 169 Å². The van der Waals surface area contributed by atoms with Gasteiger partial charge in [0, 0.05) is 29.4 Å². The van der Waals surface area contributed by atoms with Crippen LogP contribution in [0.2, 0.25) is 0 Å². The molecule has 1 saturated heterocycles. The van der Waals surface area contributed by atoms with E-state index in [1.807, 2.05) is 19.9 Å². The van der Waals surface area contributed by atoms with Crippen LogP contribution in [0.25, 0.3) is 0 Å². The van der Waals surface area contributed by atoms with Gasteiger partial charge in [0.2, 0.25) is 0 Å². The lowest BCUT2D eigenvalue weighted by atomic mass is 9.57. The fourth-order valence-electron chi connectivity index (χ4n) is 6.02. The van der Waals surface area contributed by atoms with Gasteiger partial charge in [-0.3, -0.25) is 9.59 Å². The third kappa shape index (κ3) is 2.40. The van der Waals surface area contributed by atoms with Gasteiger partial charge in [-0.05, 0) is 38.2 Å². The van der Waals surface area contributed by atoms with Gasteiger partial charge < -0.3 is 14.2 Å². The predicted molar refractivity (Wildman–Crippen MR) is 100 cm³/mol. The molecule has 28 heavy (non-hydrogen) atoms. The highest BCUT2D eigenvalue weighted by Gasteiger charge is 2.68. The maximum absolute atomic E-state index is 12.7. The monoisotopic (exact) mass is 408 g/mol. The molecule has 0 aromatic rings. The van der Waals surface area contributed by atoms with Crippen LogP contribution in [0, 0.1) is 22.7 Å². The summed E-state index contributed by atoms with van der Waals surface area (Å²) in [5.41, 5.74) is -1.65. The Morgan fingerprint density at radius 3 is 2.61 bits per heavy atom. The van der Waals surface area contributed by atoms with Gasteiger partial charge in [0.25, 0.3) is 0 Å². The summed E-state index contributed by atoms with van der Waals surface area (Å²) in [6, 6.07) is 0. The number of Topliss-reactive ketones (excluding diaryl/α,β-unsaturated/α-hetero) is 1. The lowest BCUT2D eigenvalue weighted by Gasteiger charge is -2.56. The van der Waals surface area contributed by atoms with E-state index in [4.69, 9.17) is 25.8 Å². The maximum atomic E-state index is 12.7. The number of hydrogen-bond donors (Lipinski definition) is 0. The van der Waals surface area contributed by atoms with Crippen molar-refractivity contribution in [3.05, 3.63) is 22.8 Å². The molecule has 2 heterocycles. The zero-order valence-electron chi connectivity index (χ0n) is 16.5. The molecular formula is C21H25ClO6. The average Bonchev–Trinajstić information content (AvgIpc) is 2.90. The van der Waals surface area contributed by atoms with Crippen molar-refractivity contribution >= 4 is 29.3 Å². The average molecular weight is 409 g/mol. The Morgan fingerprint density at radius 2 is 1.96 bits per heavy atom.